The van der Waals surface area contributed by atoms with Crippen molar-refractivity contribution in [1.29, 1.82) is 0 Å². The molecule has 4 heteroatoms. The van der Waals surface area contributed by atoms with E-state index < -0.39 is 0 Å². The second-order valence-electron chi connectivity index (χ2n) is 9.33. The van der Waals surface area contributed by atoms with Crippen LogP contribution in [0, 0.1) is 31.2 Å². The number of hydrogen-bond donors (Lipinski definition) is 1. The van der Waals surface area contributed by atoms with Gasteiger partial charge in [-0.25, -0.2) is 0 Å². The zero-order valence-electron chi connectivity index (χ0n) is 21.5. The van der Waals surface area contributed by atoms with Crippen LogP contribution in [0.5, 0.6) is 0 Å². The first-order chi connectivity index (χ1) is 15.6. The Morgan fingerprint density at radius 1 is 1.06 bits per heavy atom. The van der Waals surface area contributed by atoms with E-state index in [1.807, 2.05) is 52.8 Å². The quantitative estimate of drug-likeness (QED) is 0.162. The molecule has 185 valence electrons. The normalized spacial score (nSPS) is 11.6. The summed E-state index contributed by atoms with van der Waals surface area (Å²) in [6.07, 6.45) is 3.96. The first-order valence-corrected chi connectivity index (χ1v) is 11.9. The molecule has 1 N–H and O–H groups in total. The summed E-state index contributed by atoms with van der Waals surface area (Å²) in [5, 5.41) is 11.0. The van der Waals surface area contributed by atoms with E-state index in [9.17, 15) is 9.90 Å². The number of carbonyl (C=O) groups excluding carboxylic acids is 1. The van der Waals surface area contributed by atoms with E-state index in [1.54, 1.807) is 0 Å². The molecule has 0 spiro atoms. The summed E-state index contributed by atoms with van der Waals surface area (Å²) in [5.74, 6) is 0.391. The fourth-order valence-corrected chi connectivity index (χ4v) is 3.58. The molecule has 0 amide bonds. The van der Waals surface area contributed by atoms with E-state index in [2.05, 4.69) is 50.2 Å². The van der Waals surface area contributed by atoms with E-state index >= 15 is 0 Å². The molecule has 2 aromatic carbocycles. The molecule has 3 aromatic rings. The molecule has 34 heavy (non-hydrogen) atoms. The van der Waals surface area contributed by atoms with E-state index in [1.165, 1.54) is 17.0 Å². The van der Waals surface area contributed by atoms with Gasteiger partial charge >= 0.3 is 0 Å². The van der Waals surface area contributed by atoms with Gasteiger partial charge in [0.25, 0.3) is 0 Å². The molecule has 0 bridgehead atoms. The van der Waals surface area contributed by atoms with Gasteiger partial charge in [0.15, 0.2) is 5.78 Å². The van der Waals surface area contributed by atoms with Crippen molar-refractivity contribution in [2.75, 3.05) is 0 Å². The van der Waals surface area contributed by atoms with Crippen LogP contribution in [0.4, 0.5) is 0 Å². The summed E-state index contributed by atoms with van der Waals surface area (Å²) in [4.78, 5) is 16.5. The SMILES string of the molecule is CCC(CC)/C(O)=C/C(=O)C(C)(C)CC.Cc1[c-]c(-c2ccc3ccccc3n2)cc(C)c1.[Ir]. The number of allylic oxidation sites excluding steroid dienone is 2. The van der Waals surface area contributed by atoms with Gasteiger partial charge in [0, 0.05) is 37.5 Å². The molecule has 0 saturated carbocycles. The summed E-state index contributed by atoms with van der Waals surface area (Å²) >= 11 is 0. The minimum absolute atomic E-state index is 0. The van der Waals surface area contributed by atoms with Gasteiger partial charge in [0.05, 0.1) is 11.3 Å². The Morgan fingerprint density at radius 2 is 1.71 bits per heavy atom. The van der Waals surface area contributed by atoms with Crippen molar-refractivity contribution < 1.29 is 30.0 Å². The Kier molecular flexibility index (Phi) is 11.9. The Balaban J connectivity index is 0.000000338. The monoisotopic (exact) mass is 637 g/mol. The van der Waals surface area contributed by atoms with Gasteiger partial charge in [-0.1, -0.05) is 78.8 Å². The molecule has 1 radical (unpaired) electrons. The summed E-state index contributed by atoms with van der Waals surface area (Å²) in [7, 11) is 0. The van der Waals surface area contributed by atoms with Crippen LogP contribution in [0.1, 0.15) is 65.0 Å². The Hall–Kier alpha value is -2.29. The molecule has 0 fully saturated rings. The number of aromatic nitrogens is 1. The fourth-order valence-electron chi connectivity index (χ4n) is 3.58. The molecule has 3 nitrogen and oxygen atoms in total. The summed E-state index contributed by atoms with van der Waals surface area (Å²) in [6, 6.07) is 20.0. The number of nitrogens with zero attached hydrogens (tertiary/aromatic N) is 1. The van der Waals surface area contributed by atoms with Gasteiger partial charge in [-0.3, -0.25) is 9.78 Å². The predicted molar refractivity (Wildman–Crippen MR) is 139 cm³/mol. The molecule has 0 unspecified atom stereocenters. The average molecular weight is 637 g/mol. The number of carbonyl (C=O) groups is 1. The standard InChI is InChI=1S/C17H14N.C13H24O2.Ir/c1-12-9-13(2)11-15(10-12)17-8-7-14-5-3-4-6-16(14)18-17;1-6-10(7-2)11(14)9-12(15)13(4,5)8-3;/h3-10H,1-2H3;9-10,14H,6-8H2,1-5H3;/q-1;;/b;11-9-;. The Labute approximate surface area is 219 Å². The number of hydrogen-bond acceptors (Lipinski definition) is 3. The van der Waals surface area contributed by atoms with Gasteiger partial charge in [0.2, 0.25) is 0 Å². The van der Waals surface area contributed by atoms with Crippen LogP contribution < -0.4 is 0 Å². The van der Waals surface area contributed by atoms with Crippen LogP contribution in [0.25, 0.3) is 22.2 Å². The van der Waals surface area contributed by atoms with Crippen LogP contribution in [0.2, 0.25) is 0 Å². The van der Waals surface area contributed by atoms with Crippen molar-refractivity contribution in [1.82, 2.24) is 4.98 Å². The van der Waals surface area contributed by atoms with Crippen molar-refractivity contribution in [2.24, 2.45) is 11.3 Å². The van der Waals surface area contributed by atoms with Gasteiger partial charge in [0.1, 0.15) is 0 Å². The summed E-state index contributed by atoms with van der Waals surface area (Å²) < 4.78 is 0. The predicted octanol–water partition coefficient (Wildman–Crippen LogP) is 8.19. The van der Waals surface area contributed by atoms with Gasteiger partial charge < -0.3 is 5.11 Å². The van der Waals surface area contributed by atoms with Crippen molar-refractivity contribution in [3.8, 4) is 11.3 Å². The largest absolute Gasteiger partial charge is 0.512 e. The van der Waals surface area contributed by atoms with Gasteiger partial charge in [-0.05, 0) is 36.4 Å². The molecule has 3 rings (SSSR count). The van der Waals surface area contributed by atoms with Crippen LogP contribution in [-0.4, -0.2) is 15.9 Å². The molecule has 0 aliphatic heterocycles. The molecular weight excluding hydrogens is 599 g/mol. The van der Waals surface area contributed by atoms with E-state index in [-0.39, 0.29) is 43.0 Å². The number of benzene rings is 2. The zero-order chi connectivity index (χ0) is 24.6. The van der Waals surface area contributed by atoms with Crippen LogP contribution in [0.15, 0.2) is 60.4 Å². The summed E-state index contributed by atoms with van der Waals surface area (Å²) in [5.41, 5.74) is 5.12. The van der Waals surface area contributed by atoms with Crippen molar-refractivity contribution in [3.05, 3.63) is 77.6 Å². The smallest absolute Gasteiger partial charge is 0.164 e. The molecule has 0 atom stereocenters. The van der Waals surface area contributed by atoms with Crippen molar-refractivity contribution in [3.63, 3.8) is 0 Å². The summed E-state index contributed by atoms with van der Waals surface area (Å²) in [6.45, 7) is 14.0. The minimum Gasteiger partial charge on any atom is -0.512 e. The van der Waals surface area contributed by atoms with Crippen molar-refractivity contribution >= 4 is 16.7 Å². The maximum Gasteiger partial charge on any atom is 0.164 e. The topological polar surface area (TPSA) is 50.2 Å². The molecule has 0 aliphatic carbocycles. The molecule has 0 saturated heterocycles. The van der Waals surface area contributed by atoms with Gasteiger partial charge in [-0.2, -0.15) is 0 Å². The molecule has 1 heterocycles. The third-order valence-corrected chi connectivity index (χ3v) is 6.26. The molecular formula is C30H38IrNO2-. The van der Waals surface area contributed by atoms with Crippen LogP contribution in [-0.2, 0) is 24.9 Å². The number of aliphatic hydroxyl groups is 1. The third kappa shape index (κ3) is 8.18. The second kappa shape index (κ2) is 13.6. The zero-order valence-corrected chi connectivity index (χ0v) is 23.9. The van der Waals surface area contributed by atoms with E-state index in [0.29, 0.717) is 0 Å². The van der Waals surface area contributed by atoms with Crippen LogP contribution in [0.3, 0.4) is 0 Å². The number of fused-ring (bicyclic) bond motifs is 1. The average Bonchev–Trinajstić information content (AvgIpc) is 2.79. The Bertz CT molecular complexity index is 1090. The maximum atomic E-state index is 11.8. The first-order valence-electron chi connectivity index (χ1n) is 11.9. The molecule has 0 aliphatic rings. The number of aliphatic hydroxyl groups excluding tert-OH is 1. The number of pyridine rings is 1. The number of para-hydroxylation sites is 1. The van der Waals surface area contributed by atoms with Gasteiger partial charge in [-0.15, -0.1) is 34.9 Å². The number of rotatable bonds is 7. The van der Waals surface area contributed by atoms with E-state index in [0.717, 1.165) is 41.6 Å². The van der Waals surface area contributed by atoms with E-state index in [4.69, 9.17) is 4.98 Å². The number of aryl methyl sites for hydroxylation is 2. The maximum absolute atomic E-state index is 11.8. The second-order valence-corrected chi connectivity index (χ2v) is 9.33. The minimum atomic E-state index is -0.361. The van der Waals surface area contributed by atoms with Crippen molar-refractivity contribution in [2.45, 2.75) is 67.7 Å². The number of ketones is 1. The fraction of sp³-hybridized carbons (Fsp3) is 0.400. The third-order valence-electron chi connectivity index (χ3n) is 6.26. The van der Waals surface area contributed by atoms with Crippen LogP contribution >= 0.6 is 0 Å². The molecule has 1 aromatic heterocycles. The first kappa shape index (κ1) is 29.7. The Morgan fingerprint density at radius 3 is 2.29 bits per heavy atom.